The maximum atomic E-state index is 13.5. The van der Waals surface area contributed by atoms with Crippen molar-refractivity contribution in [3.05, 3.63) is 65.7 Å². The molecule has 0 aliphatic heterocycles. The van der Waals surface area contributed by atoms with Crippen LogP contribution in [-0.2, 0) is 6.54 Å². The maximum Gasteiger partial charge on any atom is 0.339 e. The molecule has 0 amide bonds. The minimum atomic E-state index is -1.06. The van der Waals surface area contributed by atoms with Crippen molar-refractivity contribution in [1.82, 2.24) is 0 Å². The van der Waals surface area contributed by atoms with Crippen LogP contribution < -0.4 is 5.32 Å². The molecule has 0 fully saturated rings. The van der Waals surface area contributed by atoms with Crippen LogP contribution in [0, 0.1) is 5.82 Å². The van der Waals surface area contributed by atoms with E-state index in [2.05, 4.69) is 5.32 Å². The molecule has 4 nitrogen and oxygen atoms in total. The number of aromatic carboxylic acids is 1. The summed E-state index contributed by atoms with van der Waals surface area (Å²) in [5.74, 6) is -1.19. The Balaban J connectivity index is 1.95. The summed E-state index contributed by atoms with van der Waals surface area (Å²) in [5.41, 5.74) is 0.906. The number of furan rings is 1. The van der Waals surface area contributed by atoms with Gasteiger partial charge in [0.2, 0.25) is 0 Å². The first kappa shape index (κ1) is 13.2. The molecule has 3 aromatic rings. The first-order valence-electron chi connectivity index (χ1n) is 6.39. The molecule has 0 aliphatic rings. The van der Waals surface area contributed by atoms with Crippen molar-refractivity contribution in [2.75, 3.05) is 5.32 Å². The highest BCUT2D eigenvalue weighted by molar-refractivity contribution is 6.03. The fourth-order valence-corrected chi connectivity index (χ4v) is 2.24. The Labute approximate surface area is 119 Å². The fourth-order valence-electron chi connectivity index (χ4n) is 2.24. The first-order valence-corrected chi connectivity index (χ1v) is 6.39. The third kappa shape index (κ3) is 2.45. The van der Waals surface area contributed by atoms with Gasteiger partial charge in [-0.1, -0.05) is 30.3 Å². The summed E-state index contributed by atoms with van der Waals surface area (Å²) >= 11 is 0. The summed E-state index contributed by atoms with van der Waals surface area (Å²) in [7, 11) is 0. The minimum Gasteiger partial charge on any atom is -0.478 e. The van der Waals surface area contributed by atoms with Crippen LogP contribution in [0.2, 0.25) is 0 Å². The summed E-state index contributed by atoms with van der Waals surface area (Å²) in [6.45, 7) is 0.0945. The Morgan fingerprint density at radius 1 is 1.14 bits per heavy atom. The molecular formula is C16H12FNO3. The molecule has 2 N–H and O–H groups in total. The van der Waals surface area contributed by atoms with Crippen LogP contribution in [0.3, 0.4) is 0 Å². The van der Waals surface area contributed by atoms with Gasteiger partial charge in [-0.05, 0) is 18.2 Å². The van der Waals surface area contributed by atoms with Crippen LogP contribution in [0.1, 0.15) is 16.1 Å². The number of anilines is 1. The van der Waals surface area contributed by atoms with Crippen molar-refractivity contribution in [2.24, 2.45) is 0 Å². The van der Waals surface area contributed by atoms with Gasteiger partial charge in [0.1, 0.15) is 22.7 Å². The highest BCUT2D eigenvalue weighted by Gasteiger charge is 2.19. The second-order valence-electron chi connectivity index (χ2n) is 4.53. The maximum absolute atomic E-state index is 13.5. The van der Waals surface area contributed by atoms with Crippen LogP contribution in [0.25, 0.3) is 11.0 Å². The molecule has 21 heavy (non-hydrogen) atoms. The van der Waals surface area contributed by atoms with Crippen LogP contribution in [0.15, 0.2) is 52.9 Å². The molecule has 1 heterocycles. The smallest absolute Gasteiger partial charge is 0.339 e. The number of fused-ring (bicyclic) bond motifs is 1. The van der Waals surface area contributed by atoms with Gasteiger partial charge < -0.3 is 14.8 Å². The lowest BCUT2D eigenvalue weighted by molar-refractivity contribution is 0.0696. The lowest BCUT2D eigenvalue weighted by Crippen LogP contribution is -2.05. The minimum absolute atomic E-state index is 0.0945. The fraction of sp³-hybridized carbons (Fsp3) is 0.0625. The van der Waals surface area contributed by atoms with E-state index in [1.54, 1.807) is 42.5 Å². The van der Waals surface area contributed by atoms with Crippen molar-refractivity contribution in [3.63, 3.8) is 0 Å². The zero-order valence-corrected chi connectivity index (χ0v) is 11.0. The van der Waals surface area contributed by atoms with E-state index in [0.29, 0.717) is 16.7 Å². The van der Waals surface area contributed by atoms with Gasteiger partial charge in [-0.2, -0.15) is 0 Å². The lowest BCUT2D eigenvalue weighted by atomic mass is 10.1. The number of hydrogen-bond donors (Lipinski definition) is 2. The van der Waals surface area contributed by atoms with E-state index < -0.39 is 11.8 Å². The van der Waals surface area contributed by atoms with Crippen molar-refractivity contribution >= 4 is 22.6 Å². The molecule has 0 saturated carbocycles. The molecule has 0 aliphatic carbocycles. The number of carboxylic acids is 1. The van der Waals surface area contributed by atoms with Crippen molar-refractivity contribution in [1.29, 1.82) is 0 Å². The second-order valence-corrected chi connectivity index (χ2v) is 4.53. The van der Waals surface area contributed by atoms with Crippen LogP contribution >= 0.6 is 0 Å². The van der Waals surface area contributed by atoms with E-state index in [1.165, 1.54) is 6.07 Å². The molecule has 0 bridgehead atoms. The number of carbonyl (C=O) groups is 1. The number of benzene rings is 2. The summed E-state index contributed by atoms with van der Waals surface area (Å²) in [6.07, 6.45) is 0. The summed E-state index contributed by atoms with van der Waals surface area (Å²) in [5, 5.41) is 12.7. The van der Waals surface area contributed by atoms with Crippen LogP contribution in [0.4, 0.5) is 10.1 Å². The Morgan fingerprint density at radius 2 is 1.86 bits per heavy atom. The Hall–Kier alpha value is -2.82. The van der Waals surface area contributed by atoms with Gasteiger partial charge >= 0.3 is 5.97 Å². The summed E-state index contributed by atoms with van der Waals surface area (Å²) < 4.78 is 19.1. The highest BCUT2D eigenvalue weighted by Crippen LogP contribution is 2.26. The molecule has 5 heteroatoms. The molecular weight excluding hydrogens is 273 g/mol. The molecule has 2 aromatic carbocycles. The SMILES string of the molecule is O=C(O)c1c(CNc2ccccc2F)oc2ccccc12. The Bertz CT molecular complexity index is 810. The van der Waals surface area contributed by atoms with E-state index in [0.717, 1.165) is 0 Å². The van der Waals surface area contributed by atoms with Gasteiger partial charge in [-0.3, -0.25) is 0 Å². The monoisotopic (exact) mass is 285 g/mol. The molecule has 0 radical (unpaired) electrons. The van der Waals surface area contributed by atoms with Crippen LogP contribution in [-0.4, -0.2) is 11.1 Å². The zero-order valence-electron chi connectivity index (χ0n) is 11.0. The highest BCUT2D eigenvalue weighted by atomic mass is 19.1. The van der Waals surface area contributed by atoms with Gasteiger partial charge in [-0.25, -0.2) is 9.18 Å². The molecule has 106 valence electrons. The first-order chi connectivity index (χ1) is 10.2. The summed E-state index contributed by atoms with van der Waals surface area (Å²) in [4.78, 5) is 11.4. The van der Waals surface area contributed by atoms with E-state index in [-0.39, 0.29) is 17.9 Å². The van der Waals surface area contributed by atoms with Crippen molar-refractivity contribution in [2.45, 2.75) is 6.54 Å². The normalized spacial score (nSPS) is 10.7. The average Bonchev–Trinajstić information content (AvgIpc) is 2.85. The van der Waals surface area contributed by atoms with E-state index >= 15 is 0 Å². The predicted octanol–water partition coefficient (Wildman–Crippen LogP) is 3.88. The molecule has 0 atom stereocenters. The quantitative estimate of drug-likeness (QED) is 0.763. The third-order valence-electron chi connectivity index (χ3n) is 3.20. The number of nitrogens with one attached hydrogen (secondary N) is 1. The molecule has 1 aromatic heterocycles. The lowest BCUT2D eigenvalue weighted by Gasteiger charge is -2.06. The number of halogens is 1. The van der Waals surface area contributed by atoms with Crippen molar-refractivity contribution < 1.29 is 18.7 Å². The summed E-state index contributed by atoms with van der Waals surface area (Å²) in [6, 6.07) is 13.1. The second kappa shape index (κ2) is 5.28. The third-order valence-corrected chi connectivity index (χ3v) is 3.20. The number of rotatable bonds is 4. The Kier molecular flexibility index (Phi) is 3.31. The zero-order chi connectivity index (χ0) is 14.8. The number of hydrogen-bond acceptors (Lipinski definition) is 3. The number of para-hydroxylation sites is 2. The predicted molar refractivity (Wildman–Crippen MR) is 76.9 cm³/mol. The molecule has 0 saturated heterocycles. The standard InChI is InChI=1S/C16H12FNO3/c17-11-6-2-3-7-12(11)18-9-14-15(16(19)20)10-5-1-4-8-13(10)21-14/h1-8,18H,9H2,(H,19,20). The van der Waals surface area contributed by atoms with Gasteiger partial charge in [0.05, 0.1) is 12.2 Å². The average molecular weight is 285 g/mol. The van der Waals surface area contributed by atoms with E-state index in [9.17, 15) is 14.3 Å². The molecule has 0 spiro atoms. The molecule has 3 rings (SSSR count). The molecule has 0 unspecified atom stereocenters. The number of carboxylic acid groups (broad SMARTS) is 1. The van der Waals surface area contributed by atoms with Gasteiger partial charge in [0, 0.05) is 5.39 Å². The van der Waals surface area contributed by atoms with Gasteiger partial charge in [0.25, 0.3) is 0 Å². The van der Waals surface area contributed by atoms with E-state index in [4.69, 9.17) is 4.42 Å². The van der Waals surface area contributed by atoms with Gasteiger partial charge in [0.15, 0.2) is 0 Å². The topological polar surface area (TPSA) is 62.5 Å². The van der Waals surface area contributed by atoms with Crippen LogP contribution in [0.5, 0.6) is 0 Å². The van der Waals surface area contributed by atoms with Crippen molar-refractivity contribution in [3.8, 4) is 0 Å². The van der Waals surface area contributed by atoms with E-state index in [1.807, 2.05) is 0 Å². The Morgan fingerprint density at radius 3 is 2.62 bits per heavy atom. The van der Waals surface area contributed by atoms with Gasteiger partial charge in [-0.15, -0.1) is 0 Å². The largest absolute Gasteiger partial charge is 0.478 e.